The van der Waals surface area contributed by atoms with E-state index in [2.05, 4.69) is 39.2 Å². The zero-order chi connectivity index (χ0) is 23.5. The molecule has 34 heavy (non-hydrogen) atoms. The van der Waals surface area contributed by atoms with E-state index in [1.165, 1.54) is 0 Å². The molecule has 1 saturated heterocycles. The van der Waals surface area contributed by atoms with Gasteiger partial charge in [-0.1, -0.05) is 25.1 Å². The van der Waals surface area contributed by atoms with E-state index >= 15 is 0 Å². The summed E-state index contributed by atoms with van der Waals surface area (Å²) in [7, 11) is 0. The predicted molar refractivity (Wildman–Crippen MR) is 132 cm³/mol. The molecular weight excluding hydrogens is 430 g/mol. The van der Waals surface area contributed by atoms with Crippen molar-refractivity contribution in [2.45, 2.75) is 26.4 Å². The Kier molecular flexibility index (Phi) is 6.55. The number of carbonyl (C=O) groups excluding carboxylic acids is 1. The van der Waals surface area contributed by atoms with Crippen LogP contribution in [0.2, 0.25) is 0 Å². The summed E-state index contributed by atoms with van der Waals surface area (Å²) in [5, 5.41) is 13.8. The van der Waals surface area contributed by atoms with E-state index in [1.54, 1.807) is 0 Å². The van der Waals surface area contributed by atoms with Crippen molar-refractivity contribution in [2.24, 2.45) is 0 Å². The Morgan fingerprint density at radius 2 is 1.91 bits per heavy atom. The Hall–Kier alpha value is -3.30. The number of piperazine rings is 1. The van der Waals surface area contributed by atoms with Crippen LogP contribution in [0, 0.1) is 0 Å². The van der Waals surface area contributed by atoms with Crippen LogP contribution in [0.4, 0.5) is 11.8 Å². The highest BCUT2D eigenvalue weighted by molar-refractivity contribution is 5.98. The fourth-order valence-electron chi connectivity index (χ4n) is 4.66. The maximum atomic E-state index is 13.1. The van der Waals surface area contributed by atoms with Gasteiger partial charge in [-0.3, -0.25) is 14.7 Å². The Morgan fingerprint density at radius 3 is 2.71 bits per heavy atom. The third-order valence-corrected chi connectivity index (χ3v) is 6.51. The van der Waals surface area contributed by atoms with E-state index in [4.69, 9.17) is 9.97 Å². The third kappa shape index (κ3) is 4.53. The van der Waals surface area contributed by atoms with Crippen molar-refractivity contribution in [3.05, 3.63) is 53.3 Å². The number of aliphatic hydroxyl groups is 1. The van der Waals surface area contributed by atoms with Gasteiger partial charge in [0, 0.05) is 63.0 Å². The highest BCUT2D eigenvalue weighted by Crippen LogP contribution is 2.30. The molecule has 9 nitrogen and oxygen atoms in total. The van der Waals surface area contributed by atoms with Crippen LogP contribution in [-0.4, -0.2) is 81.6 Å². The molecule has 2 N–H and O–H groups in total. The van der Waals surface area contributed by atoms with E-state index < -0.39 is 0 Å². The van der Waals surface area contributed by atoms with Gasteiger partial charge in [0.05, 0.1) is 18.7 Å². The predicted octanol–water partition coefficient (Wildman–Crippen LogP) is 2.12. The molecule has 0 saturated carbocycles. The molecule has 9 heteroatoms. The quantitative estimate of drug-likeness (QED) is 0.527. The number of pyridine rings is 1. The Balaban J connectivity index is 1.41. The summed E-state index contributed by atoms with van der Waals surface area (Å²) in [6.45, 7) is 7.91. The maximum Gasteiger partial charge on any atom is 0.273 e. The molecule has 4 heterocycles. The number of aliphatic hydroxyl groups excluding tert-OH is 1. The minimum atomic E-state index is -0.0187. The van der Waals surface area contributed by atoms with Crippen molar-refractivity contribution in [3.63, 3.8) is 0 Å². The smallest absolute Gasteiger partial charge is 0.273 e. The summed E-state index contributed by atoms with van der Waals surface area (Å²) in [4.78, 5) is 33.5. The number of hydrogen-bond donors (Lipinski definition) is 2. The van der Waals surface area contributed by atoms with E-state index in [0.717, 1.165) is 60.4 Å². The molecule has 1 aromatic carbocycles. The average Bonchev–Trinajstić information content (AvgIpc) is 3.18. The van der Waals surface area contributed by atoms with Gasteiger partial charge in [-0.25, -0.2) is 4.98 Å². The van der Waals surface area contributed by atoms with Gasteiger partial charge in [0.25, 0.3) is 5.91 Å². The monoisotopic (exact) mass is 461 g/mol. The number of carbonyl (C=O) groups is 1. The number of para-hydroxylation sites is 1. The zero-order valence-electron chi connectivity index (χ0n) is 19.6. The lowest BCUT2D eigenvalue weighted by atomic mass is 10.1. The molecule has 178 valence electrons. The van der Waals surface area contributed by atoms with Crippen LogP contribution < -0.4 is 10.2 Å². The number of anilines is 2. The second-order valence-electron chi connectivity index (χ2n) is 8.87. The molecule has 0 spiro atoms. The fourth-order valence-corrected chi connectivity index (χ4v) is 4.66. The van der Waals surface area contributed by atoms with Crippen LogP contribution in [0.5, 0.6) is 0 Å². The average molecular weight is 462 g/mol. The first kappa shape index (κ1) is 22.5. The van der Waals surface area contributed by atoms with Crippen molar-refractivity contribution < 1.29 is 9.90 Å². The summed E-state index contributed by atoms with van der Waals surface area (Å²) in [5.41, 5.74) is 3.41. The summed E-state index contributed by atoms with van der Waals surface area (Å²) in [5.74, 6) is 1.29. The number of β-amino-alcohol motifs (C(OH)–C–C–N with tert-alkyl or cyclic N) is 1. The van der Waals surface area contributed by atoms with Crippen molar-refractivity contribution in [3.8, 4) is 0 Å². The second kappa shape index (κ2) is 9.90. The number of nitrogens with one attached hydrogen (secondary N) is 1. The number of benzene rings is 1. The van der Waals surface area contributed by atoms with E-state index in [0.29, 0.717) is 37.8 Å². The van der Waals surface area contributed by atoms with E-state index in [-0.39, 0.29) is 12.5 Å². The minimum absolute atomic E-state index is 0.0187. The van der Waals surface area contributed by atoms with Crippen molar-refractivity contribution in [1.29, 1.82) is 0 Å². The molecule has 2 aliphatic heterocycles. The van der Waals surface area contributed by atoms with Crippen LogP contribution >= 0.6 is 0 Å². The van der Waals surface area contributed by atoms with Crippen LogP contribution in [0.3, 0.4) is 0 Å². The molecular formula is C25H31N7O2. The van der Waals surface area contributed by atoms with Crippen LogP contribution in [0.1, 0.15) is 35.0 Å². The maximum absolute atomic E-state index is 13.1. The van der Waals surface area contributed by atoms with Gasteiger partial charge < -0.3 is 20.2 Å². The van der Waals surface area contributed by atoms with Gasteiger partial charge in [-0.05, 0) is 24.1 Å². The van der Waals surface area contributed by atoms with E-state index in [1.807, 2.05) is 29.3 Å². The lowest BCUT2D eigenvalue weighted by Gasteiger charge is -2.34. The van der Waals surface area contributed by atoms with Gasteiger partial charge in [-0.2, -0.15) is 4.98 Å². The Morgan fingerprint density at radius 1 is 1.09 bits per heavy atom. The van der Waals surface area contributed by atoms with Crippen LogP contribution in [0.25, 0.3) is 10.9 Å². The second-order valence-corrected chi connectivity index (χ2v) is 8.87. The highest BCUT2D eigenvalue weighted by atomic mass is 16.3. The van der Waals surface area contributed by atoms with Gasteiger partial charge in [0.1, 0.15) is 11.5 Å². The fraction of sp³-hybridized carbons (Fsp3) is 0.440. The van der Waals surface area contributed by atoms with Gasteiger partial charge in [0.15, 0.2) is 0 Å². The number of fused-ring (bicyclic) bond motifs is 2. The Labute approximate surface area is 199 Å². The SMILES string of the molecule is CCCN1Cc2c(NCc3cnc4ccccc4c3)nc(N3CCN(CCO)CC3)nc2C1=O. The molecule has 1 amide bonds. The Bertz CT molecular complexity index is 1180. The lowest BCUT2D eigenvalue weighted by Crippen LogP contribution is -2.47. The van der Waals surface area contributed by atoms with E-state index in [9.17, 15) is 9.90 Å². The molecule has 3 aromatic rings. The molecule has 5 rings (SSSR count). The van der Waals surface area contributed by atoms with Crippen molar-refractivity contribution >= 4 is 28.6 Å². The van der Waals surface area contributed by atoms with Crippen LogP contribution in [-0.2, 0) is 13.1 Å². The molecule has 0 atom stereocenters. The number of nitrogens with zero attached hydrogens (tertiary/aromatic N) is 6. The standard InChI is InChI=1S/C25H31N7O2/c1-2-7-32-17-20-22(24(32)34)28-25(31-10-8-30(9-11-31)12-13-33)29-23(20)27-16-18-14-19-5-3-4-6-21(19)26-15-18/h3-6,14-15,33H,2,7-13,16-17H2,1H3,(H,27,28,29). The van der Waals surface area contributed by atoms with Gasteiger partial charge in [0.2, 0.25) is 5.95 Å². The van der Waals surface area contributed by atoms with Crippen LogP contribution in [0.15, 0.2) is 36.5 Å². The first-order valence-corrected chi connectivity index (χ1v) is 12.0. The molecule has 2 aliphatic rings. The topological polar surface area (TPSA) is 97.7 Å². The number of aromatic nitrogens is 3. The summed E-state index contributed by atoms with van der Waals surface area (Å²) >= 11 is 0. The van der Waals surface area contributed by atoms with Crippen molar-refractivity contribution in [1.82, 2.24) is 24.8 Å². The summed E-state index contributed by atoms with van der Waals surface area (Å²) in [6, 6.07) is 10.2. The first-order chi connectivity index (χ1) is 16.7. The lowest BCUT2D eigenvalue weighted by molar-refractivity contribution is 0.0774. The molecule has 0 aliphatic carbocycles. The van der Waals surface area contributed by atoms with Gasteiger partial charge >= 0.3 is 0 Å². The molecule has 1 fully saturated rings. The minimum Gasteiger partial charge on any atom is -0.395 e. The largest absolute Gasteiger partial charge is 0.395 e. The summed E-state index contributed by atoms with van der Waals surface area (Å²) < 4.78 is 0. The normalized spacial score (nSPS) is 16.4. The number of rotatable bonds is 8. The first-order valence-electron chi connectivity index (χ1n) is 12.0. The van der Waals surface area contributed by atoms with Crippen molar-refractivity contribution in [2.75, 3.05) is 56.1 Å². The molecule has 2 aromatic heterocycles. The third-order valence-electron chi connectivity index (χ3n) is 6.51. The number of amides is 1. The zero-order valence-corrected chi connectivity index (χ0v) is 19.6. The van der Waals surface area contributed by atoms with Gasteiger partial charge in [-0.15, -0.1) is 0 Å². The molecule has 0 bridgehead atoms. The molecule has 0 unspecified atom stereocenters. The molecule has 0 radical (unpaired) electrons. The summed E-state index contributed by atoms with van der Waals surface area (Å²) in [6.07, 6.45) is 2.78. The number of hydrogen-bond acceptors (Lipinski definition) is 8. The highest BCUT2D eigenvalue weighted by Gasteiger charge is 2.33.